The highest BCUT2D eigenvalue weighted by molar-refractivity contribution is 7.17. The molecule has 2 N–H and O–H groups in total. The minimum atomic E-state index is -0.460. The third-order valence-electron chi connectivity index (χ3n) is 8.41. The summed E-state index contributed by atoms with van der Waals surface area (Å²) < 4.78 is 1.86. The molecule has 230 valence electrons. The van der Waals surface area contributed by atoms with E-state index < -0.39 is 12.1 Å². The van der Waals surface area contributed by atoms with Gasteiger partial charge in [0.2, 0.25) is 16.8 Å². The quantitative estimate of drug-likeness (QED) is 0.299. The number of rotatable bonds is 8. The van der Waals surface area contributed by atoms with Crippen molar-refractivity contribution in [2.45, 2.75) is 51.2 Å². The molecule has 3 aromatic heterocycles. The van der Waals surface area contributed by atoms with E-state index in [4.69, 9.17) is 15.1 Å². The van der Waals surface area contributed by atoms with Gasteiger partial charge in [0.15, 0.2) is 10.9 Å². The molecular formula is C30H35N9O3S2. The number of nitrogens with zero attached hydrogens (tertiary/aromatic N) is 8. The number of aliphatic hydroxyl groups is 1. The predicted molar refractivity (Wildman–Crippen MR) is 169 cm³/mol. The number of likely N-dealkylation sites (N-methyl/N-ethyl adjacent to an activating group) is 1. The molecule has 0 saturated carbocycles. The number of β-amino-alcohol motifs (C(OH)–C–C–N with tert-alkyl or cyclic N) is 1. The van der Waals surface area contributed by atoms with Gasteiger partial charge in [-0.05, 0) is 26.2 Å². The standard InChI is InChI=1S/C30H35N9O3S2/c1-5-21-28(36(4)29-34-25(23(13-31)43-29)18-8-6-17(2)7-9-18)39-30(33-21)44-27(35-39)19-10-11-37(22(12-19)26(42)32-3)16-24(41)38-14-20(40)15-38/h6-9,19-20,22,40H,5,10-12,14-16H2,1-4H3,(H,32,42)/t19?,22-/m0/s1. The van der Waals surface area contributed by atoms with Crippen LogP contribution in [-0.2, 0) is 16.0 Å². The number of carbonyl (C=O) groups is 2. The minimum Gasteiger partial charge on any atom is -0.389 e. The maximum absolute atomic E-state index is 12.9. The van der Waals surface area contributed by atoms with Gasteiger partial charge in [-0.1, -0.05) is 59.4 Å². The van der Waals surface area contributed by atoms with E-state index in [0.29, 0.717) is 48.2 Å². The fraction of sp³-hybridized carbons (Fsp3) is 0.467. The molecule has 2 amide bonds. The Morgan fingerprint density at radius 3 is 2.61 bits per heavy atom. The van der Waals surface area contributed by atoms with E-state index in [1.54, 1.807) is 11.9 Å². The summed E-state index contributed by atoms with van der Waals surface area (Å²) in [4.78, 5) is 42.3. The van der Waals surface area contributed by atoms with E-state index in [0.717, 1.165) is 39.0 Å². The highest BCUT2D eigenvalue weighted by Crippen LogP contribution is 2.39. The first-order valence-corrected chi connectivity index (χ1v) is 16.4. The van der Waals surface area contributed by atoms with Crippen LogP contribution in [0.3, 0.4) is 0 Å². The van der Waals surface area contributed by atoms with Gasteiger partial charge in [-0.25, -0.2) is 9.97 Å². The first-order valence-electron chi connectivity index (χ1n) is 14.7. The van der Waals surface area contributed by atoms with Gasteiger partial charge in [-0.15, -0.1) is 0 Å². The summed E-state index contributed by atoms with van der Waals surface area (Å²) in [6.07, 6.45) is 1.53. The third kappa shape index (κ3) is 5.56. The summed E-state index contributed by atoms with van der Waals surface area (Å²) in [5.41, 5.74) is 3.58. The first kappa shape index (κ1) is 30.1. The number of likely N-dealkylation sites (tertiary alicyclic amines) is 2. The highest BCUT2D eigenvalue weighted by Gasteiger charge is 2.38. The summed E-state index contributed by atoms with van der Waals surface area (Å²) in [6.45, 7) is 5.51. The zero-order chi connectivity index (χ0) is 31.1. The van der Waals surface area contributed by atoms with E-state index in [9.17, 15) is 20.0 Å². The lowest BCUT2D eigenvalue weighted by Gasteiger charge is -2.41. The smallest absolute Gasteiger partial charge is 0.237 e. The molecule has 0 bridgehead atoms. The molecule has 2 aliphatic heterocycles. The number of imidazole rings is 1. The molecule has 0 aliphatic carbocycles. The van der Waals surface area contributed by atoms with E-state index in [2.05, 4.69) is 18.3 Å². The molecule has 2 atom stereocenters. The van der Waals surface area contributed by atoms with Crippen molar-refractivity contribution in [1.82, 2.24) is 34.7 Å². The Morgan fingerprint density at radius 1 is 1.20 bits per heavy atom. The third-order valence-corrected chi connectivity index (χ3v) is 10.5. The fourth-order valence-corrected chi connectivity index (χ4v) is 7.77. The molecule has 1 aromatic carbocycles. The van der Waals surface area contributed by atoms with Crippen LogP contribution in [0, 0.1) is 18.3 Å². The van der Waals surface area contributed by atoms with Crippen LogP contribution in [0.4, 0.5) is 10.9 Å². The Kier molecular flexibility index (Phi) is 8.38. The van der Waals surface area contributed by atoms with E-state index in [-0.39, 0.29) is 24.3 Å². The Balaban J connectivity index is 1.26. The fourth-order valence-electron chi connectivity index (χ4n) is 5.86. The number of aliphatic hydroxyl groups excluding tert-OH is 1. The van der Waals surface area contributed by atoms with E-state index >= 15 is 0 Å². The number of piperidine rings is 1. The maximum atomic E-state index is 12.9. The molecule has 5 heterocycles. The van der Waals surface area contributed by atoms with Crippen LogP contribution in [0.5, 0.6) is 0 Å². The molecule has 14 heteroatoms. The SMILES string of the molecule is CCc1nc2sc(C3CCN(CC(=O)N4CC(O)C4)[C@H](C(=O)NC)C3)nn2c1N(C)c1nc(-c2ccc(C)cc2)c(C#N)s1. The molecule has 12 nitrogen and oxygen atoms in total. The summed E-state index contributed by atoms with van der Waals surface area (Å²) in [6, 6.07) is 9.85. The number of fused-ring (bicyclic) bond motifs is 1. The average molecular weight is 634 g/mol. The number of hydrogen-bond acceptors (Lipinski definition) is 11. The summed E-state index contributed by atoms with van der Waals surface area (Å²) in [5.74, 6) is 0.647. The number of benzene rings is 1. The Morgan fingerprint density at radius 2 is 1.95 bits per heavy atom. The van der Waals surface area contributed by atoms with Crippen LogP contribution in [0.15, 0.2) is 24.3 Å². The van der Waals surface area contributed by atoms with Crippen LogP contribution in [0.1, 0.15) is 46.8 Å². The van der Waals surface area contributed by atoms with Gasteiger partial charge >= 0.3 is 0 Å². The Hall–Kier alpha value is -3.90. The summed E-state index contributed by atoms with van der Waals surface area (Å²) >= 11 is 2.86. The number of carbonyl (C=O) groups excluding carboxylic acids is 2. The molecule has 44 heavy (non-hydrogen) atoms. The predicted octanol–water partition coefficient (Wildman–Crippen LogP) is 2.92. The molecular weight excluding hydrogens is 599 g/mol. The molecule has 0 spiro atoms. The van der Waals surface area contributed by atoms with Gasteiger partial charge in [-0.2, -0.15) is 14.9 Å². The lowest BCUT2D eigenvalue weighted by Crippen LogP contribution is -2.58. The monoisotopic (exact) mass is 633 g/mol. The van der Waals surface area contributed by atoms with Gasteiger partial charge in [0, 0.05) is 45.2 Å². The first-order chi connectivity index (χ1) is 21.2. The lowest BCUT2D eigenvalue weighted by atomic mass is 9.90. The van der Waals surface area contributed by atoms with Crippen molar-refractivity contribution in [2.24, 2.45) is 0 Å². The van der Waals surface area contributed by atoms with Gasteiger partial charge in [0.1, 0.15) is 21.6 Å². The largest absolute Gasteiger partial charge is 0.389 e. The van der Waals surface area contributed by atoms with Gasteiger partial charge in [0.05, 0.1) is 24.4 Å². The second-order valence-corrected chi connectivity index (χ2v) is 13.3. The molecule has 4 aromatic rings. The molecule has 2 fully saturated rings. The van der Waals surface area contributed by atoms with Crippen LogP contribution in [-0.4, -0.2) is 98.7 Å². The normalized spacial score (nSPS) is 19.1. The van der Waals surface area contributed by atoms with Gasteiger partial charge < -0.3 is 20.2 Å². The second kappa shape index (κ2) is 12.2. The van der Waals surface area contributed by atoms with E-state index in [1.807, 2.05) is 52.6 Å². The topological polar surface area (TPSA) is 143 Å². The van der Waals surface area contributed by atoms with Crippen LogP contribution >= 0.6 is 22.7 Å². The number of thiazole rings is 1. The van der Waals surface area contributed by atoms with Crippen molar-refractivity contribution < 1.29 is 14.7 Å². The van der Waals surface area contributed by atoms with Crippen LogP contribution in [0.2, 0.25) is 0 Å². The lowest BCUT2D eigenvalue weighted by molar-refractivity contribution is -0.144. The molecule has 2 saturated heterocycles. The second-order valence-electron chi connectivity index (χ2n) is 11.4. The zero-order valence-electron chi connectivity index (χ0n) is 25.1. The van der Waals surface area contributed by atoms with Crippen molar-refractivity contribution in [3.05, 3.63) is 45.4 Å². The highest BCUT2D eigenvalue weighted by atomic mass is 32.1. The molecule has 1 unspecified atom stereocenters. The van der Waals surface area contributed by atoms with Gasteiger partial charge in [0.25, 0.3) is 0 Å². The number of aromatic nitrogens is 4. The van der Waals surface area contributed by atoms with Crippen molar-refractivity contribution >= 4 is 50.4 Å². The summed E-state index contributed by atoms with van der Waals surface area (Å²) in [5, 5.41) is 28.8. The van der Waals surface area contributed by atoms with E-state index in [1.165, 1.54) is 22.7 Å². The van der Waals surface area contributed by atoms with Crippen molar-refractivity contribution in [2.75, 3.05) is 45.2 Å². The number of hydrogen-bond donors (Lipinski definition) is 2. The molecule has 2 aliphatic rings. The Labute approximate surface area is 263 Å². The van der Waals surface area contributed by atoms with Crippen molar-refractivity contribution in [1.29, 1.82) is 5.26 Å². The number of amides is 2. The molecule has 6 rings (SSSR count). The maximum Gasteiger partial charge on any atom is 0.237 e. The van der Waals surface area contributed by atoms with Crippen LogP contribution in [0.25, 0.3) is 16.2 Å². The zero-order valence-corrected chi connectivity index (χ0v) is 26.8. The number of aryl methyl sites for hydroxylation is 2. The van der Waals surface area contributed by atoms with Crippen molar-refractivity contribution in [3.63, 3.8) is 0 Å². The number of nitrogens with one attached hydrogen (secondary N) is 1. The average Bonchev–Trinajstić information content (AvgIpc) is 3.72. The summed E-state index contributed by atoms with van der Waals surface area (Å²) in [7, 11) is 3.54. The minimum absolute atomic E-state index is 0.0302. The van der Waals surface area contributed by atoms with Gasteiger partial charge in [-0.3, -0.25) is 14.5 Å². The number of nitriles is 1. The number of anilines is 2. The molecule has 0 radical (unpaired) electrons. The Bertz CT molecular complexity index is 1730. The van der Waals surface area contributed by atoms with Crippen LogP contribution < -0.4 is 10.2 Å². The van der Waals surface area contributed by atoms with Crippen molar-refractivity contribution in [3.8, 4) is 17.3 Å².